The van der Waals surface area contributed by atoms with Crippen molar-refractivity contribution in [1.29, 1.82) is 0 Å². The van der Waals surface area contributed by atoms with Crippen molar-refractivity contribution in [2.45, 2.75) is 18.9 Å². The molecule has 3 nitrogen and oxygen atoms in total. The molecule has 0 fully saturated rings. The molecule has 110 valence electrons. The molecule has 3 rings (SSSR count). The van der Waals surface area contributed by atoms with Gasteiger partial charge >= 0.3 is 0 Å². The van der Waals surface area contributed by atoms with E-state index in [0.29, 0.717) is 6.42 Å². The SMILES string of the molecule is O=CC[C@H](Cn1ccnc1-c1ccccc1)c1ccccc1. The first-order chi connectivity index (χ1) is 10.9. The number of rotatable bonds is 6. The van der Waals surface area contributed by atoms with Crippen molar-refractivity contribution in [3.05, 3.63) is 78.6 Å². The highest BCUT2D eigenvalue weighted by molar-refractivity contribution is 5.55. The molecule has 0 N–H and O–H groups in total. The van der Waals surface area contributed by atoms with Crippen molar-refractivity contribution >= 4 is 6.29 Å². The van der Waals surface area contributed by atoms with Crippen molar-refractivity contribution in [2.24, 2.45) is 0 Å². The van der Waals surface area contributed by atoms with E-state index in [9.17, 15) is 4.79 Å². The Morgan fingerprint density at radius 1 is 1.00 bits per heavy atom. The molecule has 0 aliphatic rings. The van der Waals surface area contributed by atoms with Crippen molar-refractivity contribution in [3.63, 3.8) is 0 Å². The summed E-state index contributed by atoms with van der Waals surface area (Å²) in [7, 11) is 0. The fraction of sp³-hybridized carbons (Fsp3) is 0.158. The van der Waals surface area contributed by atoms with Crippen LogP contribution in [0.1, 0.15) is 17.9 Å². The molecule has 1 aromatic heterocycles. The van der Waals surface area contributed by atoms with E-state index in [2.05, 4.69) is 33.8 Å². The van der Waals surface area contributed by atoms with E-state index in [1.807, 2.05) is 48.8 Å². The maximum absolute atomic E-state index is 11.0. The third kappa shape index (κ3) is 3.14. The molecule has 0 saturated carbocycles. The van der Waals surface area contributed by atoms with Gasteiger partial charge in [-0.3, -0.25) is 0 Å². The molecule has 3 heteroatoms. The summed E-state index contributed by atoms with van der Waals surface area (Å²) in [6.07, 6.45) is 5.29. The van der Waals surface area contributed by atoms with Gasteiger partial charge in [-0.1, -0.05) is 60.7 Å². The number of benzene rings is 2. The summed E-state index contributed by atoms with van der Waals surface area (Å²) in [6.45, 7) is 0.743. The first kappa shape index (κ1) is 14.3. The van der Waals surface area contributed by atoms with Crippen LogP contribution in [0.5, 0.6) is 0 Å². The van der Waals surface area contributed by atoms with E-state index < -0.39 is 0 Å². The van der Waals surface area contributed by atoms with Crippen molar-refractivity contribution in [2.75, 3.05) is 0 Å². The minimum absolute atomic E-state index is 0.162. The van der Waals surface area contributed by atoms with Crippen LogP contribution in [0.2, 0.25) is 0 Å². The van der Waals surface area contributed by atoms with E-state index >= 15 is 0 Å². The predicted octanol–water partition coefficient (Wildman–Crippen LogP) is 3.92. The molecule has 0 bridgehead atoms. The Morgan fingerprint density at radius 3 is 2.36 bits per heavy atom. The van der Waals surface area contributed by atoms with Crippen LogP contribution in [-0.2, 0) is 11.3 Å². The summed E-state index contributed by atoms with van der Waals surface area (Å²) >= 11 is 0. The topological polar surface area (TPSA) is 34.9 Å². The fourth-order valence-corrected chi connectivity index (χ4v) is 2.70. The highest BCUT2D eigenvalue weighted by Crippen LogP contribution is 2.24. The Kier molecular flexibility index (Phi) is 4.44. The molecular weight excluding hydrogens is 272 g/mol. The zero-order valence-electron chi connectivity index (χ0n) is 12.3. The van der Waals surface area contributed by atoms with Gasteiger partial charge < -0.3 is 9.36 Å². The molecule has 0 aliphatic carbocycles. The number of imidazole rings is 1. The van der Waals surface area contributed by atoms with E-state index in [1.165, 1.54) is 5.56 Å². The zero-order chi connectivity index (χ0) is 15.2. The molecule has 3 aromatic rings. The van der Waals surface area contributed by atoms with Gasteiger partial charge in [0.1, 0.15) is 12.1 Å². The van der Waals surface area contributed by atoms with Crippen LogP contribution in [0.15, 0.2) is 73.1 Å². The maximum Gasteiger partial charge on any atom is 0.139 e. The average molecular weight is 290 g/mol. The highest BCUT2D eigenvalue weighted by Gasteiger charge is 2.14. The molecule has 0 spiro atoms. The smallest absolute Gasteiger partial charge is 0.139 e. The van der Waals surface area contributed by atoms with Crippen LogP contribution in [0, 0.1) is 0 Å². The van der Waals surface area contributed by atoms with Gasteiger partial charge in [0.2, 0.25) is 0 Å². The number of aromatic nitrogens is 2. The van der Waals surface area contributed by atoms with Crippen molar-refractivity contribution in [1.82, 2.24) is 9.55 Å². The largest absolute Gasteiger partial charge is 0.330 e. The Morgan fingerprint density at radius 2 is 1.68 bits per heavy atom. The molecule has 22 heavy (non-hydrogen) atoms. The molecule has 0 radical (unpaired) electrons. The van der Waals surface area contributed by atoms with E-state index in [4.69, 9.17) is 0 Å². The normalized spacial score (nSPS) is 12.0. The van der Waals surface area contributed by atoms with E-state index in [1.54, 1.807) is 0 Å². The van der Waals surface area contributed by atoms with Crippen molar-refractivity contribution < 1.29 is 4.79 Å². The highest BCUT2D eigenvalue weighted by atomic mass is 16.1. The van der Waals surface area contributed by atoms with E-state index in [0.717, 1.165) is 24.2 Å². The number of hydrogen-bond acceptors (Lipinski definition) is 2. The molecule has 1 heterocycles. The van der Waals surface area contributed by atoms with Gasteiger partial charge in [0, 0.05) is 36.8 Å². The van der Waals surface area contributed by atoms with Gasteiger partial charge in [0.25, 0.3) is 0 Å². The Labute approximate surface area is 130 Å². The first-order valence-corrected chi connectivity index (χ1v) is 7.43. The number of carbonyl (C=O) groups is 1. The molecular formula is C19H18N2O. The third-order valence-corrected chi connectivity index (χ3v) is 3.82. The Bertz CT molecular complexity index is 719. The summed E-state index contributed by atoms with van der Waals surface area (Å²) in [4.78, 5) is 15.5. The monoisotopic (exact) mass is 290 g/mol. The average Bonchev–Trinajstić information content (AvgIpc) is 3.04. The Hall–Kier alpha value is -2.68. The second-order valence-electron chi connectivity index (χ2n) is 5.28. The number of aldehydes is 1. The van der Waals surface area contributed by atoms with Crippen molar-refractivity contribution in [3.8, 4) is 11.4 Å². The predicted molar refractivity (Wildman–Crippen MR) is 87.5 cm³/mol. The standard InChI is InChI=1S/C19H18N2O/c22-14-11-18(16-7-3-1-4-8-16)15-21-13-12-20-19(21)17-9-5-2-6-10-17/h1-10,12-14,18H,11,15H2/t18-/m1/s1. The fourth-order valence-electron chi connectivity index (χ4n) is 2.70. The van der Waals surface area contributed by atoms with Crippen LogP contribution in [-0.4, -0.2) is 15.8 Å². The molecule has 0 unspecified atom stereocenters. The van der Waals surface area contributed by atoms with Gasteiger partial charge in [0.15, 0.2) is 0 Å². The summed E-state index contributed by atoms with van der Waals surface area (Å²) in [5, 5.41) is 0. The maximum atomic E-state index is 11.0. The van der Waals surface area contributed by atoms with Gasteiger partial charge in [0.05, 0.1) is 0 Å². The van der Waals surface area contributed by atoms with Crippen LogP contribution >= 0.6 is 0 Å². The van der Waals surface area contributed by atoms with Crippen LogP contribution in [0.25, 0.3) is 11.4 Å². The molecule has 1 atom stereocenters. The quantitative estimate of drug-likeness (QED) is 0.645. The second-order valence-corrected chi connectivity index (χ2v) is 5.28. The third-order valence-electron chi connectivity index (χ3n) is 3.82. The zero-order valence-corrected chi connectivity index (χ0v) is 12.3. The van der Waals surface area contributed by atoms with Crippen LogP contribution in [0.3, 0.4) is 0 Å². The number of carbonyl (C=O) groups excluding carboxylic acids is 1. The minimum atomic E-state index is 0.162. The molecule has 0 amide bonds. The molecule has 0 aliphatic heterocycles. The lowest BCUT2D eigenvalue weighted by atomic mass is 9.96. The number of nitrogens with zero attached hydrogens (tertiary/aromatic N) is 2. The second kappa shape index (κ2) is 6.85. The Balaban J connectivity index is 1.88. The van der Waals surface area contributed by atoms with Gasteiger partial charge in [-0.05, 0) is 5.56 Å². The van der Waals surface area contributed by atoms with Gasteiger partial charge in [-0.25, -0.2) is 4.98 Å². The molecule has 0 saturated heterocycles. The van der Waals surface area contributed by atoms with Gasteiger partial charge in [-0.15, -0.1) is 0 Å². The lowest BCUT2D eigenvalue weighted by molar-refractivity contribution is -0.108. The first-order valence-electron chi connectivity index (χ1n) is 7.43. The van der Waals surface area contributed by atoms with Crippen LogP contribution < -0.4 is 0 Å². The lowest BCUT2D eigenvalue weighted by Crippen LogP contribution is -2.10. The summed E-state index contributed by atoms with van der Waals surface area (Å²) in [5.41, 5.74) is 2.27. The summed E-state index contributed by atoms with van der Waals surface area (Å²) in [6, 6.07) is 20.3. The van der Waals surface area contributed by atoms with Crippen LogP contribution in [0.4, 0.5) is 0 Å². The number of hydrogen-bond donors (Lipinski definition) is 0. The molecule has 2 aromatic carbocycles. The minimum Gasteiger partial charge on any atom is -0.330 e. The lowest BCUT2D eigenvalue weighted by Gasteiger charge is -2.17. The summed E-state index contributed by atoms with van der Waals surface area (Å²) < 4.78 is 2.12. The van der Waals surface area contributed by atoms with E-state index in [-0.39, 0.29) is 5.92 Å². The summed E-state index contributed by atoms with van der Waals surface area (Å²) in [5.74, 6) is 1.10. The van der Waals surface area contributed by atoms with Gasteiger partial charge in [-0.2, -0.15) is 0 Å².